The van der Waals surface area contributed by atoms with E-state index in [1.54, 1.807) is 6.20 Å². The number of halogens is 4. The van der Waals surface area contributed by atoms with E-state index in [0.29, 0.717) is 11.1 Å². The lowest BCUT2D eigenvalue weighted by atomic mass is 10.1. The molecule has 0 saturated heterocycles. The zero-order valence-electron chi connectivity index (χ0n) is 14.0. The Morgan fingerprint density at radius 1 is 0.857 bits per heavy atom. The van der Waals surface area contributed by atoms with Crippen LogP contribution in [-0.2, 0) is 6.18 Å². The maximum absolute atomic E-state index is 13.0. The average Bonchev–Trinajstić information content (AvgIpc) is 3.11. The predicted molar refractivity (Wildman–Crippen MR) is 89.5 cm³/mol. The number of hydrogen-bond acceptors (Lipinski definition) is 5. The van der Waals surface area contributed by atoms with Gasteiger partial charge in [0.25, 0.3) is 0 Å². The molecule has 0 bridgehead atoms. The summed E-state index contributed by atoms with van der Waals surface area (Å²) in [5.74, 6) is -0.248. The molecule has 1 unspecified atom stereocenters. The molecular formula is C18H11F4N5O. The van der Waals surface area contributed by atoms with E-state index in [9.17, 15) is 22.7 Å². The summed E-state index contributed by atoms with van der Waals surface area (Å²) in [7, 11) is 0. The Kier molecular flexibility index (Phi) is 4.27. The first kappa shape index (κ1) is 18.0. The van der Waals surface area contributed by atoms with Crippen molar-refractivity contribution in [3.05, 3.63) is 78.1 Å². The van der Waals surface area contributed by atoms with Crippen molar-refractivity contribution in [2.24, 2.45) is 0 Å². The lowest BCUT2D eigenvalue weighted by Gasteiger charge is -2.06. The second kappa shape index (κ2) is 6.64. The third-order valence-electron chi connectivity index (χ3n) is 4.03. The number of aliphatic hydroxyl groups is 1. The standard InChI is InChI=1S/C18H11F4N5O/c19-12-2-3-13(23-7-12)16(28)14-9-27-8-11(6-25-17(27)26-14)10-1-4-15(24-5-10)18(20,21)22/h1-9,16,28H. The summed E-state index contributed by atoms with van der Waals surface area (Å²) in [6, 6.07) is 4.71. The van der Waals surface area contributed by atoms with Crippen molar-refractivity contribution in [2.45, 2.75) is 12.3 Å². The molecule has 1 atom stereocenters. The molecule has 4 heterocycles. The first-order valence-electron chi connectivity index (χ1n) is 7.99. The van der Waals surface area contributed by atoms with Crippen molar-refractivity contribution in [1.82, 2.24) is 24.3 Å². The van der Waals surface area contributed by atoms with Gasteiger partial charge in [-0.2, -0.15) is 13.2 Å². The van der Waals surface area contributed by atoms with Gasteiger partial charge in [0.2, 0.25) is 5.78 Å². The Balaban J connectivity index is 1.65. The third kappa shape index (κ3) is 3.41. The number of aliphatic hydroxyl groups excluding tert-OH is 1. The molecule has 0 aliphatic rings. The predicted octanol–water partition coefficient (Wildman–Crippen LogP) is 3.43. The van der Waals surface area contributed by atoms with E-state index >= 15 is 0 Å². The molecule has 0 fully saturated rings. The van der Waals surface area contributed by atoms with E-state index in [-0.39, 0.29) is 17.2 Å². The first-order chi connectivity index (χ1) is 13.3. The largest absolute Gasteiger partial charge is 0.433 e. The number of pyridine rings is 2. The molecule has 4 aromatic heterocycles. The van der Waals surface area contributed by atoms with Crippen LogP contribution in [0.2, 0.25) is 0 Å². The Labute approximate surface area is 155 Å². The minimum Gasteiger partial charge on any atom is -0.380 e. The van der Waals surface area contributed by atoms with Crippen molar-refractivity contribution in [1.29, 1.82) is 0 Å². The highest BCUT2D eigenvalue weighted by Crippen LogP contribution is 2.29. The molecule has 0 aliphatic heterocycles. The Morgan fingerprint density at radius 3 is 2.29 bits per heavy atom. The zero-order chi connectivity index (χ0) is 19.9. The number of hydrogen-bond donors (Lipinski definition) is 1. The Bertz CT molecular complexity index is 1120. The van der Waals surface area contributed by atoms with Crippen molar-refractivity contribution in [2.75, 3.05) is 0 Å². The third-order valence-corrected chi connectivity index (χ3v) is 4.03. The second-order valence-electron chi connectivity index (χ2n) is 5.95. The lowest BCUT2D eigenvalue weighted by Crippen LogP contribution is -2.07. The molecule has 0 saturated carbocycles. The zero-order valence-corrected chi connectivity index (χ0v) is 14.0. The fraction of sp³-hybridized carbons (Fsp3) is 0.111. The van der Waals surface area contributed by atoms with Crippen LogP contribution in [0.3, 0.4) is 0 Å². The van der Waals surface area contributed by atoms with Crippen LogP contribution in [0.1, 0.15) is 23.2 Å². The topological polar surface area (TPSA) is 76.2 Å². The molecule has 142 valence electrons. The molecule has 4 rings (SSSR count). The van der Waals surface area contributed by atoms with E-state index < -0.39 is 23.8 Å². The van der Waals surface area contributed by atoms with Crippen LogP contribution >= 0.6 is 0 Å². The minimum atomic E-state index is -4.51. The monoisotopic (exact) mass is 389 g/mol. The summed E-state index contributed by atoms with van der Waals surface area (Å²) >= 11 is 0. The van der Waals surface area contributed by atoms with Crippen molar-refractivity contribution >= 4 is 5.78 Å². The molecule has 0 radical (unpaired) electrons. The van der Waals surface area contributed by atoms with Gasteiger partial charge in [-0.05, 0) is 18.2 Å². The molecule has 1 N–H and O–H groups in total. The maximum atomic E-state index is 13.0. The summed E-state index contributed by atoms with van der Waals surface area (Å²) in [6.45, 7) is 0. The molecule has 28 heavy (non-hydrogen) atoms. The summed E-state index contributed by atoms with van der Waals surface area (Å²) in [5, 5.41) is 10.4. The van der Waals surface area contributed by atoms with Crippen LogP contribution in [0, 0.1) is 5.82 Å². The smallest absolute Gasteiger partial charge is 0.380 e. The van der Waals surface area contributed by atoms with Crippen LogP contribution in [0.4, 0.5) is 17.6 Å². The van der Waals surface area contributed by atoms with Crippen molar-refractivity contribution < 1.29 is 22.7 Å². The van der Waals surface area contributed by atoms with Crippen molar-refractivity contribution in [3.8, 4) is 11.1 Å². The van der Waals surface area contributed by atoms with Gasteiger partial charge in [-0.15, -0.1) is 0 Å². The van der Waals surface area contributed by atoms with Crippen LogP contribution in [0.15, 0.2) is 55.2 Å². The Hall–Kier alpha value is -3.40. The van der Waals surface area contributed by atoms with Gasteiger partial charge in [0.1, 0.15) is 17.6 Å². The van der Waals surface area contributed by atoms with Crippen LogP contribution < -0.4 is 0 Å². The van der Waals surface area contributed by atoms with Gasteiger partial charge in [-0.3, -0.25) is 14.4 Å². The molecule has 10 heteroatoms. The molecule has 6 nitrogen and oxygen atoms in total. The number of imidazole rings is 1. The van der Waals surface area contributed by atoms with Crippen LogP contribution in [0.5, 0.6) is 0 Å². The van der Waals surface area contributed by atoms with E-state index in [0.717, 1.165) is 18.5 Å². The van der Waals surface area contributed by atoms with Crippen LogP contribution in [0.25, 0.3) is 16.9 Å². The minimum absolute atomic E-state index is 0.219. The van der Waals surface area contributed by atoms with Crippen LogP contribution in [-0.4, -0.2) is 29.4 Å². The fourth-order valence-electron chi connectivity index (χ4n) is 2.62. The second-order valence-corrected chi connectivity index (χ2v) is 5.95. The molecule has 0 aliphatic carbocycles. The van der Waals surface area contributed by atoms with Crippen molar-refractivity contribution in [3.63, 3.8) is 0 Å². The number of fused-ring (bicyclic) bond motifs is 1. The van der Waals surface area contributed by atoms with E-state index in [1.165, 1.54) is 35.0 Å². The van der Waals surface area contributed by atoms with Gasteiger partial charge in [0, 0.05) is 35.9 Å². The van der Waals surface area contributed by atoms with Gasteiger partial charge < -0.3 is 5.11 Å². The highest BCUT2D eigenvalue weighted by molar-refractivity contribution is 5.61. The molecule has 0 spiro atoms. The number of aromatic nitrogens is 5. The van der Waals surface area contributed by atoms with Gasteiger partial charge in [0.15, 0.2) is 0 Å². The van der Waals surface area contributed by atoms with Gasteiger partial charge in [-0.25, -0.2) is 14.4 Å². The lowest BCUT2D eigenvalue weighted by molar-refractivity contribution is -0.141. The normalized spacial score (nSPS) is 13.0. The fourth-order valence-corrected chi connectivity index (χ4v) is 2.62. The van der Waals surface area contributed by atoms with Gasteiger partial charge in [0.05, 0.1) is 17.6 Å². The molecule has 0 aromatic carbocycles. The first-order valence-corrected chi connectivity index (χ1v) is 7.99. The van der Waals surface area contributed by atoms with E-state index in [2.05, 4.69) is 19.9 Å². The summed E-state index contributed by atoms with van der Waals surface area (Å²) in [6.07, 6.45) is 0.970. The molecule has 0 amide bonds. The van der Waals surface area contributed by atoms with Gasteiger partial charge in [-0.1, -0.05) is 6.07 Å². The van der Waals surface area contributed by atoms with E-state index in [1.807, 2.05) is 0 Å². The highest BCUT2D eigenvalue weighted by Gasteiger charge is 2.32. The average molecular weight is 389 g/mol. The summed E-state index contributed by atoms with van der Waals surface area (Å²) in [4.78, 5) is 15.6. The molecule has 4 aromatic rings. The number of rotatable bonds is 3. The maximum Gasteiger partial charge on any atom is 0.433 e. The summed E-state index contributed by atoms with van der Waals surface area (Å²) < 4.78 is 52.4. The number of nitrogens with zero attached hydrogens (tertiary/aromatic N) is 5. The van der Waals surface area contributed by atoms with E-state index in [4.69, 9.17) is 0 Å². The highest BCUT2D eigenvalue weighted by atomic mass is 19.4. The number of alkyl halides is 3. The summed E-state index contributed by atoms with van der Waals surface area (Å²) in [5.41, 5.74) is 0.446. The van der Waals surface area contributed by atoms with Gasteiger partial charge >= 0.3 is 6.18 Å². The molecular weight excluding hydrogens is 378 g/mol. The Morgan fingerprint density at radius 2 is 1.64 bits per heavy atom. The quantitative estimate of drug-likeness (QED) is 0.544. The SMILES string of the molecule is OC(c1ccc(F)cn1)c1cn2cc(-c3ccc(C(F)(F)F)nc3)cnc2n1.